The minimum absolute atomic E-state index is 0.490. The predicted molar refractivity (Wildman–Crippen MR) is 84.3 cm³/mol. The van der Waals surface area contributed by atoms with Crippen LogP contribution in [0.25, 0.3) is 10.2 Å². The van der Waals surface area contributed by atoms with Crippen LogP contribution in [0.5, 0.6) is 0 Å². The summed E-state index contributed by atoms with van der Waals surface area (Å²) >= 11 is 1.61. The van der Waals surface area contributed by atoms with E-state index in [1.54, 1.807) is 18.4 Å². The molecule has 0 fully saturated rings. The normalized spacial score (nSPS) is 11.0. The molecule has 0 aliphatic rings. The Morgan fingerprint density at radius 1 is 1.43 bits per heavy atom. The van der Waals surface area contributed by atoms with Crippen LogP contribution in [0, 0.1) is 11.3 Å². The third-order valence-corrected chi connectivity index (χ3v) is 3.93. The van der Waals surface area contributed by atoms with Crippen molar-refractivity contribution in [3.63, 3.8) is 0 Å². The van der Waals surface area contributed by atoms with Crippen LogP contribution >= 0.6 is 11.3 Å². The van der Waals surface area contributed by atoms with Gasteiger partial charge in [-0.2, -0.15) is 5.26 Å². The number of ether oxygens (including phenoxy) is 1. The van der Waals surface area contributed by atoms with Crippen molar-refractivity contribution in [1.29, 1.82) is 5.26 Å². The van der Waals surface area contributed by atoms with Gasteiger partial charge >= 0.3 is 0 Å². The highest BCUT2D eigenvalue weighted by Crippen LogP contribution is 2.24. The molecular formula is C14H19N5OS. The number of aromatic nitrogens is 2. The first-order valence-corrected chi connectivity index (χ1v) is 7.66. The molecule has 2 aromatic rings. The summed E-state index contributed by atoms with van der Waals surface area (Å²) in [4.78, 5) is 12.3. The van der Waals surface area contributed by atoms with E-state index in [4.69, 9.17) is 10.00 Å². The van der Waals surface area contributed by atoms with Crippen LogP contribution < -0.4 is 5.32 Å². The van der Waals surface area contributed by atoms with Gasteiger partial charge in [0.05, 0.1) is 24.6 Å². The Labute approximate surface area is 128 Å². The van der Waals surface area contributed by atoms with Gasteiger partial charge in [-0.15, -0.1) is 11.3 Å². The van der Waals surface area contributed by atoms with Crippen LogP contribution in [0.3, 0.4) is 0 Å². The molecule has 0 atom stereocenters. The Kier molecular flexibility index (Phi) is 5.87. The molecule has 0 aliphatic heterocycles. The largest absolute Gasteiger partial charge is 0.383 e. The lowest BCUT2D eigenvalue weighted by molar-refractivity contribution is 0.144. The van der Waals surface area contributed by atoms with E-state index in [1.807, 2.05) is 18.5 Å². The van der Waals surface area contributed by atoms with Crippen LogP contribution in [0.15, 0.2) is 11.4 Å². The smallest absolute Gasteiger partial charge is 0.146 e. The fourth-order valence-electron chi connectivity index (χ4n) is 2.06. The van der Waals surface area contributed by atoms with E-state index in [9.17, 15) is 0 Å². The van der Waals surface area contributed by atoms with Crippen molar-refractivity contribution >= 4 is 27.4 Å². The van der Waals surface area contributed by atoms with Crippen LogP contribution in [0.2, 0.25) is 0 Å². The van der Waals surface area contributed by atoms with E-state index in [-0.39, 0.29) is 0 Å². The Bertz CT molecular complexity index is 621. The van der Waals surface area contributed by atoms with Gasteiger partial charge in [-0.05, 0) is 11.4 Å². The number of nitrogens with zero attached hydrogens (tertiary/aromatic N) is 4. The van der Waals surface area contributed by atoms with Crippen LogP contribution in [0.1, 0.15) is 12.2 Å². The van der Waals surface area contributed by atoms with Crippen molar-refractivity contribution < 1.29 is 4.74 Å². The molecule has 6 nitrogen and oxygen atoms in total. The maximum Gasteiger partial charge on any atom is 0.146 e. The molecule has 0 radical (unpaired) electrons. The molecule has 0 saturated heterocycles. The summed E-state index contributed by atoms with van der Waals surface area (Å²) < 4.78 is 5.12. The lowest BCUT2D eigenvalue weighted by Gasteiger charge is -2.20. The highest BCUT2D eigenvalue weighted by atomic mass is 32.1. The van der Waals surface area contributed by atoms with E-state index in [0.717, 1.165) is 28.4 Å². The number of anilines is 1. The standard InChI is InChI=1S/C14H19N5OS/c1-16-13-11-4-9-21-14(11)18-12(17-13)10-19(6-3-5-15)7-8-20-2/h4,9H,3,6-8,10H2,1-2H3,(H,16,17,18). The van der Waals surface area contributed by atoms with Gasteiger partial charge in [0.15, 0.2) is 0 Å². The first-order valence-electron chi connectivity index (χ1n) is 6.78. The molecule has 112 valence electrons. The molecule has 0 unspecified atom stereocenters. The Hall–Kier alpha value is -1.75. The van der Waals surface area contributed by atoms with Gasteiger partial charge in [0.2, 0.25) is 0 Å². The average molecular weight is 305 g/mol. The molecule has 0 aliphatic carbocycles. The second-order valence-corrected chi connectivity index (χ2v) is 5.45. The average Bonchev–Trinajstić information content (AvgIpc) is 2.97. The topological polar surface area (TPSA) is 74.1 Å². The quantitative estimate of drug-likeness (QED) is 0.805. The number of methoxy groups -OCH3 is 1. The third kappa shape index (κ3) is 4.11. The number of hydrogen-bond donors (Lipinski definition) is 1. The molecule has 2 rings (SSSR count). The van der Waals surface area contributed by atoms with E-state index in [0.29, 0.717) is 26.1 Å². The highest BCUT2D eigenvalue weighted by Gasteiger charge is 2.12. The van der Waals surface area contributed by atoms with Gasteiger partial charge in [-0.3, -0.25) is 4.90 Å². The zero-order valence-electron chi connectivity index (χ0n) is 12.3. The molecule has 7 heteroatoms. The molecule has 0 bridgehead atoms. The first kappa shape index (κ1) is 15.6. The number of fused-ring (bicyclic) bond motifs is 1. The second-order valence-electron chi connectivity index (χ2n) is 4.55. The van der Waals surface area contributed by atoms with Gasteiger partial charge in [0.25, 0.3) is 0 Å². The summed E-state index contributed by atoms with van der Waals surface area (Å²) in [5.74, 6) is 1.62. The summed E-state index contributed by atoms with van der Waals surface area (Å²) in [5.41, 5.74) is 0. The highest BCUT2D eigenvalue weighted by molar-refractivity contribution is 7.16. The van der Waals surface area contributed by atoms with E-state index in [1.165, 1.54) is 0 Å². The Morgan fingerprint density at radius 3 is 3.00 bits per heavy atom. The zero-order valence-corrected chi connectivity index (χ0v) is 13.1. The molecule has 1 N–H and O–H groups in total. The summed E-state index contributed by atoms with van der Waals surface area (Å²) in [7, 11) is 3.54. The maximum absolute atomic E-state index is 8.75. The zero-order chi connectivity index (χ0) is 15.1. The van der Waals surface area contributed by atoms with Crippen LogP contribution in [0.4, 0.5) is 5.82 Å². The maximum atomic E-state index is 8.75. The predicted octanol–water partition coefficient (Wildman–Crippen LogP) is 2.10. The van der Waals surface area contributed by atoms with Crippen molar-refractivity contribution in [2.45, 2.75) is 13.0 Å². The molecule has 0 aromatic carbocycles. The van der Waals surface area contributed by atoms with Gasteiger partial charge in [0.1, 0.15) is 16.5 Å². The second kappa shape index (κ2) is 7.88. The number of hydrogen-bond acceptors (Lipinski definition) is 7. The monoisotopic (exact) mass is 305 g/mol. The molecular weight excluding hydrogens is 286 g/mol. The van der Waals surface area contributed by atoms with Crippen molar-refractivity contribution in [2.24, 2.45) is 0 Å². The molecule has 0 spiro atoms. The minimum Gasteiger partial charge on any atom is -0.383 e. The van der Waals surface area contributed by atoms with Crippen LogP contribution in [-0.2, 0) is 11.3 Å². The number of nitrogens with one attached hydrogen (secondary N) is 1. The van der Waals surface area contributed by atoms with Crippen molar-refractivity contribution in [1.82, 2.24) is 14.9 Å². The number of rotatable bonds is 8. The summed E-state index contributed by atoms with van der Waals surface area (Å²) in [6.07, 6.45) is 0.490. The van der Waals surface area contributed by atoms with E-state index in [2.05, 4.69) is 26.3 Å². The minimum atomic E-state index is 0.490. The number of nitriles is 1. The lowest BCUT2D eigenvalue weighted by Crippen LogP contribution is -2.29. The van der Waals surface area contributed by atoms with Gasteiger partial charge in [-0.1, -0.05) is 0 Å². The lowest BCUT2D eigenvalue weighted by atomic mass is 10.3. The first-order chi connectivity index (χ1) is 10.3. The summed E-state index contributed by atoms with van der Waals surface area (Å²) in [6, 6.07) is 4.20. The van der Waals surface area contributed by atoms with E-state index >= 15 is 0 Å². The van der Waals surface area contributed by atoms with Crippen LogP contribution in [-0.4, -0.2) is 48.7 Å². The Morgan fingerprint density at radius 2 is 2.29 bits per heavy atom. The molecule has 0 saturated carbocycles. The summed E-state index contributed by atoms with van der Waals surface area (Å²) in [5, 5.41) is 14.9. The molecule has 21 heavy (non-hydrogen) atoms. The van der Waals surface area contributed by atoms with Gasteiger partial charge in [-0.25, -0.2) is 9.97 Å². The van der Waals surface area contributed by atoms with Crippen molar-refractivity contribution in [2.75, 3.05) is 39.2 Å². The van der Waals surface area contributed by atoms with E-state index < -0.39 is 0 Å². The van der Waals surface area contributed by atoms with Crippen molar-refractivity contribution in [3.8, 4) is 6.07 Å². The summed E-state index contributed by atoms with van der Waals surface area (Å²) in [6.45, 7) is 2.71. The Balaban J connectivity index is 2.16. The fourth-order valence-corrected chi connectivity index (χ4v) is 2.84. The van der Waals surface area contributed by atoms with Gasteiger partial charge < -0.3 is 10.1 Å². The van der Waals surface area contributed by atoms with Crippen molar-refractivity contribution in [3.05, 3.63) is 17.3 Å². The molecule has 2 heterocycles. The molecule has 0 amide bonds. The molecule has 2 aromatic heterocycles. The van der Waals surface area contributed by atoms with Gasteiger partial charge in [0, 0.05) is 33.7 Å². The third-order valence-electron chi connectivity index (χ3n) is 3.12. The fraction of sp³-hybridized carbons (Fsp3) is 0.500. The number of thiophene rings is 1. The SMILES string of the molecule is CNc1nc(CN(CCC#N)CCOC)nc2sccc12.